The normalized spacial score (nSPS) is 19.4. The number of nitrogens with zero attached hydrogens (tertiary/aromatic N) is 2. The number of thiophene rings is 1. The lowest BCUT2D eigenvalue weighted by Gasteiger charge is -2.34. The van der Waals surface area contributed by atoms with Gasteiger partial charge in [0.15, 0.2) is 9.84 Å². The minimum Gasteiger partial charge on any atom is -0.396 e. The number of rotatable bonds is 1. The zero-order chi connectivity index (χ0) is 28.9. The molecule has 0 saturated heterocycles. The highest BCUT2D eigenvalue weighted by Gasteiger charge is 2.31. The third kappa shape index (κ3) is 6.39. The van der Waals surface area contributed by atoms with Gasteiger partial charge in [0.2, 0.25) is 0 Å². The Bertz CT molecular complexity index is 1610. The number of aromatic amines is 1. The Balaban J connectivity index is 0.000000187. The molecule has 2 unspecified atom stereocenters. The zero-order valence-corrected chi connectivity index (χ0v) is 26.5. The van der Waals surface area contributed by atoms with Crippen molar-refractivity contribution < 1.29 is 8.42 Å². The van der Waals surface area contributed by atoms with Crippen molar-refractivity contribution in [3.8, 4) is 6.07 Å². The molecule has 9 heteroatoms. The number of nitrogen functional groups attached to an aromatic ring is 1. The van der Waals surface area contributed by atoms with E-state index in [2.05, 4.69) is 58.7 Å². The third-order valence-electron chi connectivity index (χ3n) is 8.38. The van der Waals surface area contributed by atoms with E-state index in [1.807, 2.05) is 6.07 Å². The largest absolute Gasteiger partial charge is 0.396 e. The molecule has 0 radical (unpaired) electrons. The van der Waals surface area contributed by atoms with Gasteiger partial charge in [0.05, 0.1) is 11.3 Å². The van der Waals surface area contributed by atoms with Crippen LogP contribution in [0, 0.1) is 38.6 Å². The van der Waals surface area contributed by atoms with Gasteiger partial charge in [-0.05, 0) is 84.5 Å². The Hall–Kier alpha value is -2.28. The van der Waals surface area contributed by atoms with Crippen LogP contribution in [-0.4, -0.2) is 24.6 Å². The molecule has 0 saturated carbocycles. The molecule has 0 amide bonds. The van der Waals surface area contributed by atoms with Crippen molar-refractivity contribution in [1.82, 2.24) is 9.97 Å². The van der Waals surface area contributed by atoms with Crippen LogP contribution in [0.2, 0.25) is 0 Å². The number of aryl methyl sites for hydroxylation is 2. The second kappa shape index (κ2) is 10.6. The van der Waals surface area contributed by atoms with Gasteiger partial charge < -0.3 is 10.7 Å². The van der Waals surface area contributed by atoms with E-state index in [9.17, 15) is 8.42 Å². The summed E-state index contributed by atoms with van der Waals surface area (Å²) in [6, 6.07) is 6.21. The van der Waals surface area contributed by atoms with E-state index in [-0.39, 0.29) is 9.62 Å². The van der Waals surface area contributed by atoms with E-state index >= 15 is 0 Å². The fourth-order valence-electron chi connectivity index (χ4n) is 5.71. The molecule has 2 aliphatic carbocycles. The van der Waals surface area contributed by atoms with Gasteiger partial charge in [-0.15, -0.1) is 11.3 Å². The van der Waals surface area contributed by atoms with E-state index < -0.39 is 9.84 Å². The summed E-state index contributed by atoms with van der Waals surface area (Å²) >= 11 is 6.35. The molecule has 2 atom stereocenters. The smallest absolute Gasteiger partial charge is 0.187 e. The number of nitriles is 1. The van der Waals surface area contributed by atoms with E-state index in [1.54, 1.807) is 0 Å². The number of nitrogens with one attached hydrogen (secondary N) is 1. The Labute approximate surface area is 242 Å². The van der Waals surface area contributed by atoms with Crippen LogP contribution in [0.4, 0.5) is 5.69 Å². The molecule has 0 spiro atoms. The Morgan fingerprint density at radius 2 is 1.64 bits per heavy atom. The van der Waals surface area contributed by atoms with Crippen LogP contribution in [-0.2, 0) is 35.5 Å². The average Bonchev–Trinajstić information content (AvgIpc) is 3.16. The highest BCUT2D eigenvalue weighted by atomic mass is 32.2. The molecule has 0 aliphatic heterocycles. The summed E-state index contributed by atoms with van der Waals surface area (Å²) in [5.41, 5.74) is 12.5. The van der Waals surface area contributed by atoms with Crippen molar-refractivity contribution in [1.29, 1.82) is 5.26 Å². The number of fused-ring (bicyclic) bond motifs is 3. The second-order valence-electron chi connectivity index (χ2n) is 13.3. The molecule has 3 aromatic rings. The van der Waals surface area contributed by atoms with Crippen molar-refractivity contribution >= 4 is 49.3 Å². The van der Waals surface area contributed by atoms with Gasteiger partial charge in [0.1, 0.15) is 19.7 Å². The first kappa shape index (κ1) is 29.7. The Morgan fingerprint density at radius 3 is 2.21 bits per heavy atom. The number of hydrogen-bond donors (Lipinski definition) is 2. The van der Waals surface area contributed by atoms with Crippen LogP contribution in [0.3, 0.4) is 0 Å². The molecule has 0 bridgehead atoms. The quantitative estimate of drug-likeness (QED) is 0.293. The molecule has 6 nitrogen and oxygen atoms in total. The van der Waals surface area contributed by atoms with Gasteiger partial charge >= 0.3 is 0 Å². The topological polar surface area (TPSA) is 113 Å². The van der Waals surface area contributed by atoms with Crippen LogP contribution >= 0.6 is 23.6 Å². The van der Waals surface area contributed by atoms with Crippen molar-refractivity contribution in [3.05, 3.63) is 44.9 Å². The monoisotopic (exact) mass is 584 g/mol. The third-order valence-corrected chi connectivity index (χ3v) is 11.7. The van der Waals surface area contributed by atoms with Crippen molar-refractivity contribution in [2.45, 2.75) is 84.3 Å². The van der Waals surface area contributed by atoms with E-state index in [0.29, 0.717) is 33.1 Å². The molecule has 0 aromatic carbocycles. The van der Waals surface area contributed by atoms with Gasteiger partial charge in [-0.3, -0.25) is 0 Å². The molecule has 3 N–H and O–H groups in total. The SMILES string of the molecule is CC(C)(C)C1CCc2[nH]c(=S)c(C#N)cc2C1.CC(C)(C)C1CCc2nc3sc(S(C)(=O)=O)c(N)c3cc2C1. The summed E-state index contributed by atoms with van der Waals surface area (Å²) < 4.78 is 24.5. The minimum absolute atomic E-state index is 0.240. The van der Waals surface area contributed by atoms with E-state index in [1.165, 1.54) is 40.8 Å². The molecular weight excluding hydrogens is 545 g/mol. The number of anilines is 1. The van der Waals surface area contributed by atoms with Gasteiger partial charge in [0.25, 0.3) is 0 Å². The summed E-state index contributed by atoms with van der Waals surface area (Å²) in [5, 5.41) is 9.80. The standard InChI is InChI=1S/C16H22N2O2S2.C14H18N2S/c1-16(2,3)10-5-6-12-9(7-10)8-11-13(17)15(22(4,19)20)21-14(11)18-12;1-14(2,3)11-4-5-12-9(7-11)6-10(8-15)13(17)16-12/h8,10H,5-7,17H2,1-4H3;6,11H,4-5,7H2,1-3H3,(H,16,17). The molecule has 3 aromatic heterocycles. The molecule has 0 fully saturated rings. The lowest BCUT2D eigenvalue weighted by atomic mass is 9.71. The maximum absolute atomic E-state index is 11.8. The van der Waals surface area contributed by atoms with Gasteiger partial charge in [-0.25, -0.2) is 13.4 Å². The maximum Gasteiger partial charge on any atom is 0.187 e. The average molecular weight is 585 g/mol. The van der Waals surface area contributed by atoms with Crippen molar-refractivity contribution in [2.24, 2.45) is 22.7 Å². The van der Waals surface area contributed by atoms with Crippen LogP contribution in [0.5, 0.6) is 0 Å². The van der Waals surface area contributed by atoms with Crippen molar-refractivity contribution in [2.75, 3.05) is 12.0 Å². The second-order valence-corrected chi connectivity index (χ2v) is 16.9. The summed E-state index contributed by atoms with van der Waals surface area (Å²) in [6.45, 7) is 13.7. The van der Waals surface area contributed by atoms with Gasteiger partial charge in [0, 0.05) is 23.0 Å². The molecule has 2 aliphatic rings. The highest BCUT2D eigenvalue weighted by Crippen LogP contribution is 2.41. The number of sulfone groups is 1. The Morgan fingerprint density at radius 1 is 1.05 bits per heavy atom. The van der Waals surface area contributed by atoms with Gasteiger partial charge in [-0.1, -0.05) is 53.8 Å². The van der Waals surface area contributed by atoms with E-state index in [0.717, 1.165) is 48.0 Å². The summed E-state index contributed by atoms with van der Waals surface area (Å²) in [7, 11) is -3.30. The Kier molecular flexibility index (Phi) is 8.08. The van der Waals surface area contributed by atoms with Crippen LogP contribution in [0.25, 0.3) is 10.2 Å². The fraction of sp³-hybridized carbons (Fsp3) is 0.567. The molecule has 3 heterocycles. The zero-order valence-electron chi connectivity index (χ0n) is 24.1. The fourth-order valence-corrected chi connectivity index (χ4v) is 8.12. The highest BCUT2D eigenvalue weighted by molar-refractivity contribution is 7.93. The first-order chi connectivity index (χ1) is 18.0. The van der Waals surface area contributed by atoms with Crippen molar-refractivity contribution in [3.63, 3.8) is 0 Å². The predicted molar refractivity (Wildman–Crippen MR) is 163 cm³/mol. The summed E-state index contributed by atoms with van der Waals surface area (Å²) in [6.07, 6.45) is 7.59. The number of aromatic nitrogens is 2. The van der Waals surface area contributed by atoms with Gasteiger partial charge in [-0.2, -0.15) is 5.26 Å². The van der Waals surface area contributed by atoms with E-state index in [4.69, 9.17) is 28.2 Å². The first-order valence-corrected chi connectivity index (χ1v) is 16.7. The summed E-state index contributed by atoms with van der Waals surface area (Å²) in [5.74, 6) is 1.31. The maximum atomic E-state index is 11.8. The molecule has 39 heavy (non-hydrogen) atoms. The number of hydrogen-bond acceptors (Lipinski definition) is 7. The number of nitrogens with two attached hydrogens (primary N) is 1. The lowest BCUT2D eigenvalue weighted by molar-refractivity contribution is 0.215. The van der Waals surface area contributed by atoms with Crippen LogP contribution < -0.4 is 5.73 Å². The summed E-state index contributed by atoms with van der Waals surface area (Å²) in [4.78, 5) is 8.65. The minimum atomic E-state index is -3.30. The lowest BCUT2D eigenvalue weighted by Crippen LogP contribution is -2.27. The number of pyridine rings is 2. The molecule has 5 rings (SSSR count). The van der Waals surface area contributed by atoms with Crippen LogP contribution in [0.1, 0.15) is 82.5 Å². The molecule has 210 valence electrons. The van der Waals surface area contributed by atoms with Crippen LogP contribution in [0.15, 0.2) is 16.3 Å². The molecular formula is C30H40N4O2S3. The predicted octanol–water partition coefficient (Wildman–Crippen LogP) is 7.20. The first-order valence-electron chi connectivity index (χ1n) is 13.5. The number of H-pyrrole nitrogens is 1.